The fraction of sp³-hybridized carbons (Fsp3) is 0. The van der Waals surface area contributed by atoms with Gasteiger partial charge in [-0.2, -0.15) is 5.10 Å². The monoisotopic (exact) mass is 191 g/mol. The molecule has 0 radical (unpaired) electrons. The SMILES string of the molecule is Nc1[nH]ncc1-c1ccc(O)cc1O. The number of anilines is 1. The second kappa shape index (κ2) is 2.95. The summed E-state index contributed by atoms with van der Waals surface area (Å²) in [6, 6.07) is 4.30. The maximum absolute atomic E-state index is 9.53. The van der Waals surface area contributed by atoms with E-state index in [2.05, 4.69) is 10.2 Å². The van der Waals surface area contributed by atoms with Crippen molar-refractivity contribution in [3.05, 3.63) is 24.4 Å². The smallest absolute Gasteiger partial charge is 0.127 e. The van der Waals surface area contributed by atoms with Crippen LogP contribution in [-0.4, -0.2) is 20.4 Å². The Morgan fingerprint density at radius 3 is 2.57 bits per heavy atom. The lowest BCUT2D eigenvalue weighted by molar-refractivity contribution is 0.452. The van der Waals surface area contributed by atoms with Crippen LogP contribution in [0.2, 0.25) is 0 Å². The molecule has 0 spiro atoms. The first-order chi connectivity index (χ1) is 6.68. The summed E-state index contributed by atoms with van der Waals surface area (Å²) in [7, 11) is 0. The molecule has 1 aromatic carbocycles. The third kappa shape index (κ3) is 1.24. The summed E-state index contributed by atoms with van der Waals surface area (Å²) < 4.78 is 0. The van der Waals surface area contributed by atoms with Crippen molar-refractivity contribution in [3.63, 3.8) is 0 Å². The van der Waals surface area contributed by atoms with Gasteiger partial charge in [0.25, 0.3) is 0 Å². The Labute approximate surface area is 79.8 Å². The quantitative estimate of drug-likeness (QED) is 0.542. The average Bonchev–Trinajstić information content (AvgIpc) is 2.52. The number of rotatable bonds is 1. The third-order valence-corrected chi connectivity index (χ3v) is 1.94. The molecule has 2 aromatic rings. The van der Waals surface area contributed by atoms with Gasteiger partial charge in [-0.1, -0.05) is 0 Å². The van der Waals surface area contributed by atoms with Crippen LogP contribution in [0, 0.1) is 0 Å². The van der Waals surface area contributed by atoms with Crippen LogP contribution in [0.3, 0.4) is 0 Å². The van der Waals surface area contributed by atoms with E-state index >= 15 is 0 Å². The Kier molecular flexibility index (Phi) is 1.78. The Balaban J connectivity index is 2.58. The van der Waals surface area contributed by atoms with Gasteiger partial charge in [-0.3, -0.25) is 5.10 Å². The number of nitrogens with one attached hydrogen (secondary N) is 1. The van der Waals surface area contributed by atoms with Crippen LogP contribution >= 0.6 is 0 Å². The van der Waals surface area contributed by atoms with Crippen LogP contribution in [0.5, 0.6) is 11.5 Å². The number of nitrogen functional groups attached to an aromatic ring is 1. The van der Waals surface area contributed by atoms with Crippen molar-refractivity contribution >= 4 is 5.82 Å². The predicted molar refractivity (Wildman–Crippen MR) is 51.8 cm³/mol. The van der Waals surface area contributed by atoms with Gasteiger partial charge in [0.2, 0.25) is 0 Å². The molecule has 0 aliphatic carbocycles. The lowest BCUT2D eigenvalue weighted by atomic mass is 10.1. The van der Waals surface area contributed by atoms with E-state index in [1.165, 1.54) is 18.3 Å². The van der Waals surface area contributed by atoms with Crippen LogP contribution < -0.4 is 5.73 Å². The van der Waals surface area contributed by atoms with Crippen molar-refractivity contribution in [2.45, 2.75) is 0 Å². The summed E-state index contributed by atoms with van der Waals surface area (Å²) >= 11 is 0. The molecule has 0 saturated heterocycles. The fourth-order valence-electron chi connectivity index (χ4n) is 1.26. The zero-order valence-electron chi connectivity index (χ0n) is 7.23. The molecule has 5 N–H and O–H groups in total. The molecule has 14 heavy (non-hydrogen) atoms. The van der Waals surface area contributed by atoms with Gasteiger partial charge in [0.1, 0.15) is 17.3 Å². The van der Waals surface area contributed by atoms with Crippen molar-refractivity contribution in [1.82, 2.24) is 10.2 Å². The number of phenolic OH excluding ortho intramolecular Hbond substituents is 2. The highest BCUT2D eigenvalue weighted by Gasteiger charge is 2.09. The third-order valence-electron chi connectivity index (χ3n) is 1.94. The number of nitrogens with two attached hydrogens (primary N) is 1. The lowest BCUT2D eigenvalue weighted by Crippen LogP contribution is -1.87. The maximum atomic E-state index is 9.53. The van der Waals surface area contributed by atoms with Gasteiger partial charge in [0.05, 0.1) is 6.20 Å². The molecule has 5 nitrogen and oxygen atoms in total. The molecule has 2 rings (SSSR count). The molecule has 1 heterocycles. The summed E-state index contributed by atoms with van der Waals surface area (Å²) in [5.41, 5.74) is 6.74. The van der Waals surface area contributed by atoms with Crippen molar-refractivity contribution < 1.29 is 10.2 Å². The maximum Gasteiger partial charge on any atom is 0.127 e. The number of hydrogen-bond acceptors (Lipinski definition) is 4. The van der Waals surface area contributed by atoms with Gasteiger partial charge in [-0.25, -0.2) is 0 Å². The fourth-order valence-corrected chi connectivity index (χ4v) is 1.26. The highest BCUT2D eigenvalue weighted by molar-refractivity contribution is 5.78. The zero-order chi connectivity index (χ0) is 10.1. The number of benzene rings is 1. The first-order valence-electron chi connectivity index (χ1n) is 3.99. The molecule has 0 aliphatic rings. The van der Waals surface area contributed by atoms with E-state index in [-0.39, 0.29) is 11.5 Å². The molecular formula is C9H9N3O2. The van der Waals surface area contributed by atoms with Crippen LogP contribution in [0.4, 0.5) is 5.82 Å². The van der Waals surface area contributed by atoms with E-state index in [0.717, 1.165) is 0 Å². The average molecular weight is 191 g/mol. The number of H-pyrrole nitrogens is 1. The van der Waals surface area contributed by atoms with Crippen molar-refractivity contribution in [1.29, 1.82) is 0 Å². The van der Waals surface area contributed by atoms with Crippen LogP contribution in [0.25, 0.3) is 11.1 Å². The van der Waals surface area contributed by atoms with Crippen molar-refractivity contribution in [3.8, 4) is 22.6 Å². The number of aromatic amines is 1. The first-order valence-corrected chi connectivity index (χ1v) is 3.99. The van der Waals surface area contributed by atoms with E-state index in [1.54, 1.807) is 6.07 Å². The molecule has 0 unspecified atom stereocenters. The van der Waals surface area contributed by atoms with E-state index in [1.807, 2.05) is 0 Å². The second-order valence-corrected chi connectivity index (χ2v) is 2.90. The van der Waals surface area contributed by atoms with Gasteiger partial charge in [0, 0.05) is 17.2 Å². The number of phenols is 2. The van der Waals surface area contributed by atoms with Crippen LogP contribution in [0.1, 0.15) is 0 Å². The number of aromatic hydroxyl groups is 2. The summed E-state index contributed by atoms with van der Waals surface area (Å²) in [6.45, 7) is 0. The molecule has 0 saturated carbocycles. The van der Waals surface area contributed by atoms with E-state index in [9.17, 15) is 5.11 Å². The van der Waals surface area contributed by atoms with E-state index < -0.39 is 0 Å². The van der Waals surface area contributed by atoms with Gasteiger partial charge in [0.15, 0.2) is 0 Å². The highest BCUT2D eigenvalue weighted by Crippen LogP contribution is 2.33. The zero-order valence-corrected chi connectivity index (χ0v) is 7.23. The minimum atomic E-state index is -0.0295. The summed E-state index contributed by atoms with van der Waals surface area (Å²) in [4.78, 5) is 0. The first kappa shape index (κ1) is 8.43. The molecule has 0 aliphatic heterocycles. The molecule has 0 atom stereocenters. The standard InChI is InChI=1S/C9H9N3O2/c10-9-7(4-11-12-9)6-2-1-5(13)3-8(6)14/h1-4,13-14H,(H3,10,11,12). The molecular weight excluding hydrogens is 182 g/mol. The second-order valence-electron chi connectivity index (χ2n) is 2.90. The predicted octanol–water partition coefficient (Wildman–Crippen LogP) is 1.07. The molecule has 0 amide bonds. The molecule has 0 bridgehead atoms. The largest absolute Gasteiger partial charge is 0.508 e. The molecule has 1 aromatic heterocycles. The highest BCUT2D eigenvalue weighted by atomic mass is 16.3. The lowest BCUT2D eigenvalue weighted by Gasteiger charge is -2.02. The summed E-state index contributed by atoms with van der Waals surface area (Å²) in [5.74, 6) is 0.359. The topological polar surface area (TPSA) is 95.2 Å². The Morgan fingerprint density at radius 2 is 2.00 bits per heavy atom. The summed E-state index contributed by atoms with van der Waals surface area (Å²) in [6.07, 6.45) is 1.52. The van der Waals surface area contributed by atoms with Gasteiger partial charge >= 0.3 is 0 Å². The van der Waals surface area contributed by atoms with Crippen molar-refractivity contribution in [2.24, 2.45) is 0 Å². The molecule has 5 heteroatoms. The summed E-state index contributed by atoms with van der Waals surface area (Å²) in [5, 5.41) is 24.9. The number of aromatic nitrogens is 2. The van der Waals surface area contributed by atoms with Gasteiger partial charge < -0.3 is 15.9 Å². The van der Waals surface area contributed by atoms with Crippen LogP contribution in [0.15, 0.2) is 24.4 Å². The van der Waals surface area contributed by atoms with Crippen LogP contribution in [-0.2, 0) is 0 Å². The molecule has 72 valence electrons. The number of hydrogen-bond donors (Lipinski definition) is 4. The Bertz CT molecular complexity index is 465. The van der Waals surface area contributed by atoms with Crippen molar-refractivity contribution in [2.75, 3.05) is 5.73 Å². The van der Waals surface area contributed by atoms with Gasteiger partial charge in [-0.05, 0) is 12.1 Å². The normalized spacial score (nSPS) is 10.3. The molecule has 0 fully saturated rings. The minimum absolute atomic E-state index is 0.00770. The van der Waals surface area contributed by atoms with Gasteiger partial charge in [-0.15, -0.1) is 0 Å². The number of nitrogens with zero attached hydrogens (tertiary/aromatic N) is 1. The van der Waals surface area contributed by atoms with E-state index in [4.69, 9.17) is 10.8 Å². The minimum Gasteiger partial charge on any atom is -0.508 e. The van der Waals surface area contributed by atoms with E-state index in [0.29, 0.717) is 16.9 Å². The Morgan fingerprint density at radius 1 is 1.21 bits per heavy atom. The Hall–Kier alpha value is -2.17.